The second-order valence-electron chi connectivity index (χ2n) is 4.26. The molecule has 0 spiro atoms. The van der Waals surface area contributed by atoms with Crippen LogP contribution < -0.4 is 20.8 Å². The molecule has 3 N–H and O–H groups in total. The first-order chi connectivity index (χ1) is 8.63. The number of hydrogen-bond acceptors (Lipinski definition) is 4. The summed E-state index contributed by atoms with van der Waals surface area (Å²) in [5, 5.41) is 5.72. The van der Waals surface area contributed by atoms with Crippen LogP contribution in [0, 0.1) is 0 Å². The number of methoxy groups -OCH3 is 1. The van der Waals surface area contributed by atoms with Gasteiger partial charge in [0.2, 0.25) is 11.3 Å². The molecule has 2 rings (SSSR count). The number of carbonyl (C=O) groups is 1. The minimum Gasteiger partial charge on any atom is -0.482 e. The van der Waals surface area contributed by atoms with E-state index in [1.807, 2.05) is 0 Å². The van der Waals surface area contributed by atoms with Crippen molar-refractivity contribution in [3.8, 4) is 5.88 Å². The lowest BCUT2D eigenvalue weighted by atomic mass is 10.1. The Morgan fingerprint density at radius 3 is 2.94 bits per heavy atom. The van der Waals surface area contributed by atoms with Gasteiger partial charge in [-0.2, -0.15) is 0 Å². The first-order valence-corrected chi connectivity index (χ1v) is 5.93. The fraction of sp³-hybridized carbons (Fsp3) is 0.500. The van der Waals surface area contributed by atoms with Gasteiger partial charge in [0.05, 0.1) is 19.2 Å². The lowest BCUT2D eigenvalue weighted by molar-refractivity contribution is -0.119. The highest BCUT2D eigenvalue weighted by Gasteiger charge is 2.19. The number of aromatic nitrogens is 1. The van der Waals surface area contributed by atoms with E-state index in [1.165, 1.54) is 14.0 Å². The van der Waals surface area contributed by atoms with E-state index in [1.54, 1.807) is 0 Å². The number of rotatable bonds is 3. The maximum absolute atomic E-state index is 12.3. The maximum Gasteiger partial charge on any atom is 0.217 e. The summed E-state index contributed by atoms with van der Waals surface area (Å²) in [6, 6.07) is 0. The van der Waals surface area contributed by atoms with E-state index in [0.29, 0.717) is 17.1 Å². The first-order valence-electron chi connectivity index (χ1n) is 5.93. The van der Waals surface area contributed by atoms with Crippen LogP contribution in [-0.4, -0.2) is 24.5 Å². The van der Waals surface area contributed by atoms with Crippen LogP contribution in [0.4, 0.5) is 5.69 Å². The van der Waals surface area contributed by atoms with E-state index < -0.39 is 0 Å². The minimum atomic E-state index is -0.179. The molecule has 1 aliphatic rings. The van der Waals surface area contributed by atoms with E-state index in [4.69, 9.17) is 4.74 Å². The zero-order chi connectivity index (χ0) is 13.1. The van der Waals surface area contributed by atoms with Gasteiger partial charge in [0.25, 0.3) is 0 Å². The Kier molecular flexibility index (Phi) is 3.55. The molecule has 98 valence electrons. The monoisotopic (exact) mass is 251 g/mol. The van der Waals surface area contributed by atoms with E-state index in [9.17, 15) is 9.59 Å². The Morgan fingerprint density at radius 1 is 1.50 bits per heavy atom. The third-order valence-electron chi connectivity index (χ3n) is 2.96. The number of anilines is 1. The van der Waals surface area contributed by atoms with Crippen LogP contribution in [0.5, 0.6) is 5.88 Å². The Balaban J connectivity index is 2.43. The normalized spacial score (nSPS) is 13.4. The standard InChI is InChI=1S/C12H17N3O3/c1-7(16)14-6-8-11(17)10-9(4-3-5-13-10)15-12(8)18-2/h13H,3-6H2,1-2H3,(H,14,16)(H,15,17). The summed E-state index contributed by atoms with van der Waals surface area (Å²) in [6.07, 6.45) is 1.81. The van der Waals surface area contributed by atoms with Crippen molar-refractivity contribution in [3.63, 3.8) is 0 Å². The molecule has 0 fully saturated rings. The molecule has 6 heteroatoms. The molecule has 2 heterocycles. The predicted molar refractivity (Wildman–Crippen MR) is 67.9 cm³/mol. The number of H-pyrrole nitrogens is 1. The van der Waals surface area contributed by atoms with Gasteiger partial charge in [-0.15, -0.1) is 0 Å². The quantitative estimate of drug-likeness (QED) is 0.725. The van der Waals surface area contributed by atoms with Gasteiger partial charge in [-0.05, 0) is 12.8 Å². The molecule has 0 bridgehead atoms. The number of nitrogens with one attached hydrogen (secondary N) is 3. The van der Waals surface area contributed by atoms with Gasteiger partial charge in [0, 0.05) is 19.2 Å². The third kappa shape index (κ3) is 2.32. The molecule has 0 unspecified atom stereocenters. The van der Waals surface area contributed by atoms with Gasteiger partial charge in [0.1, 0.15) is 5.69 Å². The third-order valence-corrected chi connectivity index (χ3v) is 2.96. The van der Waals surface area contributed by atoms with Crippen LogP contribution in [0.2, 0.25) is 0 Å². The number of amides is 1. The molecule has 1 aliphatic heterocycles. The van der Waals surface area contributed by atoms with Crippen LogP contribution in [0.15, 0.2) is 4.79 Å². The molecule has 0 atom stereocenters. The fourth-order valence-corrected chi connectivity index (χ4v) is 2.07. The first kappa shape index (κ1) is 12.5. The van der Waals surface area contributed by atoms with Crippen molar-refractivity contribution in [2.75, 3.05) is 19.0 Å². The van der Waals surface area contributed by atoms with E-state index in [0.717, 1.165) is 25.1 Å². The van der Waals surface area contributed by atoms with Gasteiger partial charge < -0.3 is 20.4 Å². The Morgan fingerprint density at radius 2 is 2.28 bits per heavy atom. The number of hydrogen-bond donors (Lipinski definition) is 3. The van der Waals surface area contributed by atoms with E-state index in [-0.39, 0.29) is 17.9 Å². The molecule has 0 saturated heterocycles. The van der Waals surface area contributed by atoms with E-state index >= 15 is 0 Å². The summed E-state index contributed by atoms with van der Waals surface area (Å²) >= 11 is 0. The van der Waals surface area contributed by atoms with E-state index in [2.05, 4.69) is 15.6 Å². The number of pyridine rings is 1. The average Bonchev–Trinajstić information content (AvgIpc) is 2.37. The summed E-state index contributed by atoms with van der Waals surface area (Å²) in [6.45, 7) is 2.38. The van der Waals surface area contributed by atoms with Gasteiger partial charge in [-0.3, -0.25) is 9.59 Å². The zero-order valence-electron chi connectivity index (χ0n) is 10.6. The van der Waals surface area contributed by atoms with Crippen LogP contribution >= 0.6 is 0 Å². The number of carbonyl (C=O) groups excluding carboxylic acids is 1. The highest BCUT2D eigenvalue weighted by molar-refractivity contribution is 5.73. The molecule has 6 nitrogen and oxygen atoms in total. The van der Waals surface area contributed by atoms with Crippen LogP contribution in [-0.2, 0) is 17.8 Å². The van der Waals surface area contributed by atoms with Crippen molar-refractivity contribution in [3.05, 3.63) is 21.5 Å². The molecule has 0 radical (unpaired) electrons. The fourth-order valence-electron chi connectivity index (χ4n) is 2.07. The molecule has 18 heavy (non-hydrogen) atoms. The van der Waals surface area contributed by atoms with Crippen molar-refractivity contribution in [1.29, 1.82) is 0 Å². The average molecular weight is 251 g/mol. The number of aryl methyl sites for hydroxylation is 1. The number of fused-ring (bicyclic) bond motifs is 1. The highest BCUT2D eigenvalue weighted by Crippen LogP contribution is 2.21. The van der Waals surface area contributed by atoms with Crippen LogP contribution in [0.25, 0.3) is 0 Å². The summed E-state index contributed by atoms with van der Waals surface area (Å²) in [4.78, 5) is 26.3. The SMILES string of the molecule is COc1[nH]c2c(c(=O)c1CNC(C)=O)NCCC2. The molecule has 0 aliphatic carbocycles. The second kappa shape index (κ2) is 5.12. The van der Waals surface area contributed by atoms with Crippen molar-refractivity contribution in [2.45, 2.75) is 26.3 Å². The molecule has 1 aromatic rings. The Labute approximate surface area is 105 Å². The largest absolute Gasteiger partial charge is 0.482 e. The lowest BCUT2D eigenvalue weighted by Crippen LogP contribution is -2.29. The summed E-state index contributed by atoms with van der Waals surface area (Å²) in [7, 11) is 1.51. The van der Waals surface area contributed by atoms with Crippen LogP contribution in [0.1, 0.15) is 24.6 Å². The van der Waals surface area contributed by atoms with Gasteiger partial charge >= 0.3 is 0 Å². The summed E-state index contributed by atoms with van der Waals surface area (Å²) in [5.74, 6) is 0.248. The highest BCUT2D eigenvalue weighted by atomic mass is 16.5. The summed E-state index contributed by atoms with van der Waals surface area (Å²) in [5.41, 5.74) is 1.81. The molecule has 1 aromatic heterocycles. The molecule has 0 saturated carbocycles. The summed E-state index contributed by atoms with van der Waals surface area (Å²) < 4.78 is 5.19. The van der Waals surface area contributed by atoms with Gasteiger partial charge in [-0.25, -0.2) is 0 Å². The number of aromatic amines is 1. The molecule has 0 aromatic carbocycles. The van der Waals surface area contributed by atoms with Crippen molar-refractivity contribution in [1.82, 2.24) is 10.3 Å². The Hall–Kier alpha value is -1.98. The second-order valence-corrected chi connectivity index (χ2v) is 4.26. The number of ether oxygens (including phenoxy) is 1. The predicted octanol–water partition coefficient (Wildman–Crippen LogP) is 0.378. The molecular weight excluding hydrogens is 234 g/mol. The molecule has 1 amide bonds. The Bertz CT molecular complexity index is 522. The minimum absolute atomic E-state index is 0.103. The maximum atomic E-state index is 12.3. The van der Waals surface area contributed by atoms with Crippen LogP contribution in [0.3, 0.4) is 0 Å². The van der Waals surface area contributed by atoms with Gasteiger partial charge in [0.15, 0.2) is 5.88 Å². The van der Waals surface area contributed by atoms with Crippen molar-refractivity contribution < 1.29 is 9.53 Å². The smallest absolute Gasteiger partial charge is 0.217 e. The van der Waals surface area contributed by atoms with Crippen molar-refractivity contribution in [2.24, 2.45) is 0 Å². The van der Waals surface area contributed by atoms with Crippen molar-refractivity contribution >= 4 is 11.6 Å². The lowest BCUT2D eigenvalue weighted by Gasteiger charge is -2.20. The topological polar surface area (TPSA) is 83.2 Å². The zero-order valence-corrected chi connectivity index (χ0v) is 10.6. The molecular formula is C12H17N3O3. The van der Waals surface area contributed by atoms with Gasteiger partial charge in [-0.1, -0.05) is 0 Å².